The molecule has 0 aliphatic rings. The van der Waals surface area contributed by atoms with Crippen LogP contribution in [0, 0.1) is 18.3 Å². The Balaban J connectivity index is 3.28. The van der Waals surface area contributed by atoms with Gasteiger partial charge in [-0.25, -0.2) is 8.42 Å². The normalized spacial score (nSPS) is 13.9. The molecule has 0 radical (unpaired) electrons. The van der Waals surface area contributed by atoms with Crippen molar-refractivity contribution in [2.45, 2.75) is 31.0 Å². The van der Waals surface area contributed by atoms with Gasteiger partial charge in [-0.15, -0.1) is 0 Å². The Kier molecular flexibility index (Phi) is 4.22. The minimum atomic E-state index is -4.63. The van der Waals surface area contributed by atoms with Gasteiger partial charge in [0.05, 0.1) is 16.5 Å². The number of aryl methyl sites for hydroxylation is 1. The Morgan fingerprint density at radius 1 is 1.37 bits per heavy atom. The zero-order chi connectivity index (χ0) is 14.8. The predicted octanol–water partition coefficient (Wildman–Crippen LogP) is 2.20. The molecule has 1 atom stereocenters. The smallest absolute Gasteiger partial charge is 0.207 e. The summed E-state index contributed by atoms with van der Waals surface area (Å²) in [6.45, 7) is 2.53. The average Bonchev–Trinajstić information content (AvgIpc) is 2.26. The second-order valence-corrected chi connectivity index (χ2v) is 5.66. The third-order valence-electron chi connectivity index (χ3n) is 2.35. The Labute approximate surface area is 108 Å². The third-order valence-corrected chi connectivity index (χ3v) is 3.89. The largest absolute Gasteiger partial charge is 0.416 e. The van der Waals surface area contributed by atoms with Crippen molar-refractivity contribution >= 4 is 10.0 Å². The zero-order valence-electron chi connectivity index (χ0n) is 10.1. The van der Waals surface area contributed by atoms with Crippen LogP contribution >= 0.6 is 0 Å². The average molecular weight is 292 g/mol. The van der Waals surface area contributed by atoms with Crippen molar-refractivity contribution < 1.29 is 21.6 Å². The fraction of sp³-hybridized carbons (Fsp3) is 0.364. The number of nitriles is 1. The molecule has 0 amide bonds. The van der Waals surface area contributed by atoms with Crippen LogP contribution in [0.1, 0.15) is 18.1 Å². The zero-order valence-corrected chi connectivity index (χ0v) is 10.9. The molecular formula is C11H11F3N2O2S. The maximum atomic E-state index is 12.7. The van der Waals surface area contributed by atoms with Crippen LogP contribution in [-0.4, -0.2) is 14.5 Å². The number of halogens is 3. The first-order valence-electron chi connectivity index (χ1n) is 5.17. The Morgan fingerprint density at radius 2 is 1.95 bits per heavy atom. The molecule has 0 heterocycles. The molecule has 1 N–H and O–H groups in total. The summed E-state index contributed by atoms with van der Waals surface area (Å²) in [6, 6.07) is 3.31. The van der Waals surface area contributed by atoms with Crippen molar-refractivity contribution in [2.75, 3.05) is 0 Å². The van der Waals surface area contributed by atoms with E-state index in [0.717, 1.165) is 12.1 Å². The highest BCUT2D eigenvalue weighted by atomic mass is 32.2. The molecule has 104 valence electrons. The summed E-state index contributed by atoms with van der Waals surface area (Å²) < 4.78 is 63.5. The van der Waals surface area contributed by atoms with E-state index < -0.39 is 32.7 Å². The van der Waals surface area contributed by atoms with Crippen LogP contribution in [0.25, 0.3) is 0 Å². The first kappa shape index (κ1) is 15.5. The van der Waals surface area contributed by atoms with Crippen LogP contribution in [-0.2, 0) is 16.2 Å². The summed E-state index contributed by atoms with van der Waals surface area (Å²) in [5, 5.41) is 8.52. The Bertz CT molecular complexity index is 618. The van der Waals surface area contributed by atoms with Crippen LogP contribution in [0.3, 0.4) is 0 Å². The molecule has 0 aliphatic carbocycles. The van der Waals surface area contributed by atoms with Crippen molar-refractivity contribution in [3.8, 4) is 6.07 Å². The fourth-order valence-corrected chi connectivity index (χ4v) is 2.58. The molecule has 0 bridgehead atoms. The highest BCUT2D eigenvalue weighted by Gasteiger charge is 2.33. The van der Waals surface area contributed by atoms with Gasteiger partial charge < -0.3 is 0 Å². The number of sulfonamides is 1. The molecule has 0 aromatic heterocycles. The molecule has 0 saturated heterocycles. The van der Waals surface area contributed by atoms with Gasteiger partial charge in [-0.3, -0.25) is 0 Å². The minimum absolute atomic E-state index is 0.0696. The lowest BCUT2D eigenvalue weighted by Crippen LogP contribution is -2.31. The molecule has 0 aliphatic heterocycles. The summed E-state index contributed by atoms with van der Waals surface area (Å²) in [5.41, 5.74) is -1.08. The fourth-order valence-electron chi connectivity index (χ4n) is 1.40. The van der Waals surface area contributed by atoms with Crippen molar-refractivity contribution in [1.82, 2.24) is 4.72 Å². The van der Waals surface area contributed by atoms with Gasteiger partial charge in [-0.05, 0) is 31.5 Å². The van der Waals surface area contributed by atoms with E-state index >= 15 is 0 Å². The first-order valence-corrected chi connectivity index (χ1v) is 6.66. The Morgan fingerprint density at radius 3 is 2.42 bits per heavy atom. The summed E-state index contributed by atoms with van der Waals surface area (Å²) in [4.78, 5) is -0.521. The summed E-state index contributed by atoms with van der Waals surface area (Å²) in [7, 11) is -4.14. The maximum absolute atomic E-state index is 12.7. The number of hydrogen-bond donors (Lipinski definition) is 1. The van der Waals surface area contributed by atoms with Gasteiger partial charge in [0.15, 0.2) is 0 Å². The van der Waals surface area contributed by atoms with Gasteiger partial charge in [0.2, 0.25) is 10.0 Å². The lowest BCUT2D eigenvalue weighted by Gasteiger charge is -2.13. The van der Waals surface area contributed by atoms with E-state index in [-0.39, 0.29) is 5.56 Å². The van der Waals surface area contributed by atoms with Crippen LogP contribution in [0.4, 0.5) is 13.2 Å². The second kappa shape index (κ2) is 5.19. The predicted molar refractivity (Wildman–Crippen MR) is 61.6 cm³/mol. The van der Waals surface area contributed by atoms with E-state index in [4.69, 9.17) is 5.26 Å². The van der Waals surface area contributed by atoms with Crippen LogP contribution in [0.5, 0.6) is 0 Å². The van der Waals surface area contributed by atoms with Gasteiger partial charge >= 0.3 is 6.18 Å². The standard InChI is InChI=1S/C11H11F3N2O2S/c1-7-3-4-9(5-10(7)11(12,13)14)19(17,18)16-8(2)6-15/h3-5,8,16H,1-2H3/t8-/m1/s1. The van der Waals surface area contributed by atoms with E-state index in [1.54, 1.807) is 6.07 Å². The van der Waals surface area contributed by atoms with Gasteiger partial charge in [-0.1, -0.05) is 6.07 Å². The number of nitrogens with one attached hydrogen (secondary N) is 1. The molecule has 0 saturated carbocycles. The van der Waals surface area contributed by atoms with E-state index in [1.165, 1.54) is 13.8 Å². The molecule has 19 heavy (non-hydrogen) atoms. The second-order valence-electron chi connectivity index (χ2n) is 3.95. The molecule has 4 nitrogen and oxygen atoms in total. The molecule has 1 rings (SSSR count). The molecule has 0 spiro atoms. The van der Waals surface area contributed by atoms with Crippen molar-refractivity contribution in [2.24, 2.45) is 0 Å². The van der Waals surface area contributed by atoms with Crippen LogP contribution in [0.2, 0.25) is 0 Å². The molecule has 1 aromatic rings. The lowest BCUT2D eigenvalue weighted by atomic mass is 10.1. The van der Waals surface area contributed by atoms with Gasteiger partial charge in [0.25, 0.3) is 0 Å². The van der Waals surface area contributed by atoms with Gasteiger partial charge in [-0.2, -0.15) is 23.2 Å². The number of rotatable bonds is 3. The van der Waals surface area contributed by atoms with E-state index in [9.17, 15) is 21.6 Å². The molecule has 0 unspecified atom stereocenters. The number of alkyl halides is 3. The third kappa shape index (κ3) is 3.68. The highest BCUT2D eigenvalue weighted by Crippen LogP contribution is 2.33. The summed E-state index contributed by atoms with van der Waals surface area (Å²) >= 11 is 0. The van der Waals surface area contributed by atoms with Crippen molar-refractivity contribution in [3.05, 3.63) is 29.3 Å². The van der Waals surface area contributed by atoms with E-state index in [0.29, 0.717) is 6.07 Å². The minimum Gasteiger partial charge on any atom is -0.207 e. The monoisotopic (exact) mass is 292 g/mol. The lowest BCUT2D eigenvalue weighted by molar-refractivity contribution is -0.138. The quantitative estimate of drug-likeness (QED) is 0.928. The summed E-state index contributed by atoms with van der Waals surface area (Å²) in [6.07, 6.45) is -4.63. The summed E-state index contributed by atoms with van der Waals surface area (Å²) in [5.74, 6) is 0. The van der Waals surface area contributed by atoms with E-state index in [2.05, 4.69) is 0 Å². The molecular weight excluding hydrogens is 281 g/mol. The SMILES string of the molecule is Cc1ccc(S(=O)(=O)N[C@H](C)C#N)cc1C(F)(F)F. The van der Waals surface area contributed by atoms with E-state index in [1.807, 2.05) is 4.72 Å². The van der Waals surface area contributed by atoms with Gasteiger partial charge in [0, 0.05) is 0 Å². The maximum Gasteiger partial charge on any atom is 0.416 e. The van der Waals surface area contributed by atoms with Crippen LogP contribution < -0.4 is 4.72 Å². The topological polar surface area (TPSA) is 70.0 Å². The highest BCUT2D eigenvalue weighted by molar-refractivity contribution is 7.89. The Hall–Kier alpha value is -1.59. The van der Waals surface area contributed by atoms with Crippen molar-refractivity contribution in [1.29, 1.82) is 5.26 Å². The molecule has 8 heteroatoms. The van der Waals surface area contributed by atoms with Crippen LogP contribution in [0.15, 0.2) is 23.1 Å². The molecule has 0 fully saturated rings. The number of benzene rings is 1. The van der Waals surface area contributed by atoms with Gasteiger partial charge in [0.1, 0.15) is 6.04 Å². The number of hydrogen-bond acceptors (Lipinski definition) is 3. The first-order chi connectivity index (χ1) is 8.58. The number of nitrogens with zero attached hydrogens (tertiary/aromatic N) is 1. The molecule has 1 aromatic carbocycles. The van der Waals surface area contributed by atoms with Crippen molar-refractivity contribution in [3.63, 3.8) is 0 Å².